The fourth-order valence-electron chi connectivity index (χ4n) is 4.19. The van der Waals surface area contributed by atoms with Crippen LogP contribution in [0.2, 0.25) is 0 Å². The molecule has 0 bridgehead atoms. The molecule has 0 aliphatic heterocycles. The Morgan fingerprint density at radius 1 is 0.536 bits per heavy atom. The summed E-state index contributed by atoms with van der Waals surface area (Å²) < 4.78 is 23.6. The second-order valence-corrected chi connectivity index (χ2v) is 11.5. The van der Waals surface area contributed by atoms with E-state index in [2.05, 4.69) is 24.3 Å². The van der Waals surface area contributed by atoms with Crippen molar-refractivity contribution in [2.24, 2.45) is 0 Å². The van der Waals surface area contributed by atoms with Crippen LogP contribution >= 0.6 is 15.8 Å². The van der Waals surface area contributed by atoms with Crippen LogP contribution in [-0.2, 0) is 0 Å². The normalized spacial score (nSPS) is 20.2. The molecule has 4 aromatic rings. The zero-order valence-corrected chi connectivity index (χ0v) is 17.2. The van der Waals surface area contributed by atoms with Crippen LogP contribution < -0.4 is 22.0 Å². The van der Waals surface area contributed by atoms with Crippen molar-refractivity contribution in [1.29, 1.82) is 0 Å². The molecule has 0 N–H and O–H groups in total. The van der Waals surface area contributed by atoms with Crippen LogP contribution in [0.3, 0.4) is 0 Å². The summed E-state index contributed by atoms with van der Waals surface area (Å²) in [4.78, 5) is 0. The molecule has 5 rings (SSSR count). The highest BCUT2D eigenvalue weighted by atomic mass is 31.1. The lowest BCUT2D eigenvalue weighted by Gasteiger charge is -2.38. The van der Waals surface area contributed by atoms with Crippen LogP contribution in [0.25, 0.3) is 0 Å². The number of furan rings is 4. The molecule has 1 aliphatic carbocycles. The van der Waals surface area contributed by atoms with Crippen LogP contribution in [0.1, 0.15) is 25.7 Å². The quantitative estimate of drug-likeness (QED) is 0.421. The first-order valence-corrected chi connectivity index (χ1v) is 12.5. The second kappa shape index (κ2) is 8.15. The highest BCUT2D eigenvalue weighted by Crippen LogP contribution is 2.56. The summed E-state index contributed by atoms with van der Waals surface area (Å²) in [5.74, 6) is 0. The van der Waals surface area contributed by atoms with Gasteiger partial charge in [-0.2, -0.15) is 0 Å². The van der Waals surface area contributed by atoms with Gasteiger partial charge in [0.05, 0.1) is 25.1 Å². The SMILES string of the molecule is c1coc(P(c2ccco2)[C@H]2CCCC[C@@H]2P(c2ccco2)c2ccco2)c1. The van der Waals surface area contributed by atoms with Gasteiger partial charge >= 0.3 is 0 Å². The maximum Gasteiger partial charge on any atom is 0.133 e. The lowest BCUT2D eigenvalue weighted by Crippen LogP contribution is -2.36. The monoisotopic (exact) mass is 412 g/mol. The Balaban J connectivity index is 1.58. The molecule has 1 saturated carbocycles. The standard InChI is InChI=1S/C22H22O4P2/c1-2-8-18(28(21-11-5-15-25-21)22-12-6-16-26-22)17(7-1)27(19-9-3-13-23-19)20-10-4-14-24-20/h3-6,9-18H,1-2,7-8H2/t17-,18-/m0/s1. The van der Waals surface area contributed by atoms with Gasteiger partial charge in [-0.1, -0.05) is 12.8 Å². The van der Waals surface area contributed by atoms with E-state index in [9.17, 15) is 0 Å². The molecular weight excluding hydrogens is 390 g/mol. The van der Waals surface area contributed by atoms with Crippen LogP contribution in [0.5, 0.6) is 0 Å². The Morgan fingerprint density at radius 2 is 0.857 bits per heavy atom. The lowest BCUT2D eigenvalue weighted by atomic mass is 9.99. The van der Waals surface area contributed by atoms with Gasteiger partial charge in [-0.3, -0.25) is 0 Å². The molecule has 0 radical (unpaired) electrons. The van der Waals surface area contributed by atoms with E-state index in [1.807, 2.05) is 24.3 Å². The van der Waals surface area contributed by atoms with Gasteiger partial charge in [-0.25, -0.2) is 0 Å². The predicted molar refractivity (Wildman–Crippen MR) is 113 cm³/mol. The lowest BCUT2D eigenvalue weighted by molar-refractivity contribution is 0.511. The molecule has 2 atom stereocenters. The van der Waals surface area contributed by atoms with Crippen molar-refractivity contribution in [1.82, 2.24) is 0 Å². The van der Waals surface area contributed by atoms with Crippen molar-refractivity contribution in [3.63, 3.8) is 0 Å². The van der Waals surface area contributed by atoms with E-state index in [4.69, 9.17) is 17.7 Å². The highest BCUT2D eigenvalue weighted by Gasteiger charge is 2.43. The van der Waals surface area contributed by atoms with E-state index in [1.165, 1.54) is 12.8 Å². The fourth-order valence-corrected chi connectivity index (χ4v) is 10.3. The highest BCUT2D eigenvalue weighted by molar-refractivity contribution is 7.76. The molecule has 28 heavy (non-hydrogen) atoms. The zero-order chi connectivity index (χ0) is 18.8. The first kappa shape index (κ1) is 18.0. The summed E-state index contributed by atoms with van der Waals surface area (Å²) in [5, 5.41) is 0. The summed E-state index contributed by atoms with van der Waals surface area (Å²) in [6.45, 7) is 0. The molecule has 6 heteroatoms. The van der Waals surface area contributed by atoms with E-state index >= 15 is 0 Å². The first-order valence-electron chi connectivity index (χ1n) is 9.64. The maximum atomic E-state index is 5.91. The largest absolute Gasteiger partial charge is 0.464 e. The van der Waals surface area contributed by atoms with Crippen molar-refractivity contribution in [3.05, 3.63) is 73.6 Å². The zero-order valence-electron chi connectivity index (χ0n) is 15.4. The van der Waals surface area contributed by atoms with Gasteiger partial charge in [-0.15, -0.1) is 0 Å². The van der Waals surface area contributed by atoms with Crippen molar-refractivity contribution in [2.45, 2.75) is 37.0 Å². The molecule has 0 aromatic carbocycles. The minimum atomic E-state index is -0.719. The summed E-state index contributed by atoms with van der Waals surface area (Å²) in [5.41, 5.74) is 5.07. The van der Waals surface area contributed by atoms with Gasteiger partial charge in [0.1, 0.15) is 22.0 Å². The smallest absolute Gasteiger partial charge is 0.133 e. The molecule has 4 nitrogen and oxygen atoms in total. The van der Waals surface area contributed by atoms with Gasteiger partial charge < -0.3 is 17.7 Å². The Labute approximate surface area is 166 Å². The predicted octanol–water partition coefficient (Wildman–Crippen LogP) is 4.94. The van der Waals surface area contributed by atoms with Crippen LogP contribution in [-0.4, -0.2) is 11.3 Å². The van der Waals surface area contributed by atoms with E-state index in [1.54, 1.807) is 25.1 Å². The van der Waals surface area contributed by atoms with Gasteiger partial charge in [0.2, 0.25) is 0 Å². The third-order valence-corrected chi connectivity index (χ3v) is 11.0. The van der Waals surface area contributed by atoms with E-state index in [0.29, 0.717) is 11.3 Å². The van der Waals surface area contributed by atoms with Crippen molar-refractivity contribution in [3.8, 4) is 0 Å². The molecule has 0 saturated heterocycles. The average molecular weight is 412 g/mol. The van der Waals surface area contributed by atoms with Gasteiger partial charge in [0, 0.05) is 27.2 Å². The van der Waals surface area contributed by atoms with E-state index in [0.717, 1.165) is 34.8 Å². The molecule has 0 amide bonds. The summed E-state index contributed by atoms with van der Waals surface area (Å²) >= 11 is 0. The summed E-state index contributed by atoms with van der Waals surface area (Å²) in [6.07, 6.45) is 11.9. The summed E-state index contributed by atoms with van der Waals surface area (Å²) in [7, 11) is -1.44. The Bertz CT molecular complexity index is 794. The van der Waals surface area contributed by atoms with Crippen LogP contribution in [0.15, 0.2) is 91.3 Å². The molecule has 0 spiro atoms. The van der Waals surface area contributed by atoms with Crippen molar-refractivity contribution in [2.75, 3.05) is 0 Å². The Hall–Kier alpha value is -2.02. The Kier molecular flexibility index (Phi) is 5.25. The van der Waals surface area contributed by atoms with Gasteiger partial charge in [0.25, 0.3) is 0 Å². The molecule has 144 valence electrons. The number of rotatable bonds is 6. The molecular formula is C22H22O4P2. The molecule has 0 unspecified atom stereocenters. The van der Waals surface area contributed by atoms with Gasteiger partial charge in [-0.05, 0) is 61.4 Å². The minimum absolute atomic E-state index is 0.461. The second-order valence-electron chi connectivity index (χ2n) is 6.96. The number of hydrogen-bond donors (Lipinski definition) is 0. The third kappa shape index (κ3) is 3.41. The van der Waals surface area contributed by atoms with Crippen LogP contribution in [0.4, 0.5) is 0 Å². The topological polar surface area (TPSA) is 52.6 Å². The van der Waals surface area contributed by atoms with Gasteiger partial charge in [0.15, 0.2) is 0 Å². The van der Waals surface area contributed by atoms with E-state index in [-0.39, 0.29) is 0 Å². The summed E-state index contributed by atoms with van der Waals surface area (Å²) in [6, 6.07) is 16.3. The van der Waals surface area contributed by atoms with Crippen molar-refractivity contribution >= 4 is 37.8 Å². The maximum absolute atomic E-state index is 5.91. The molecule has 1 aliphatic rings. The average Bonchev–Trinajstić information content (AvgIpc) is 3.52. The van der Waals surface area contributed by atoms with E-state index < -0.39 is 15.8 Å². The van der Waals surface area contributed by atoms with Crippen LogP contribution in [0, 0.1) is 0 Å². The molecule has 4 aromatic heterocycles. The fraction of sp³-hybridized carbons (Fsp3) is 0.273. The third-order valence-electron chi connectivity index (χ3n) is 5.33. The minimum Gasteiger partial charge on any atom is -0.464 e. The molecule has 1 fully saturated rings. The molecule has 4 heterocycles. The number of hydrogen-bond acceptors (Lipinski definition) is 4. The van der Waals surface area contributed by atoms with Crippen molar-refractivity contribution < 1.29 is 17.7 Å². The first-order chi connectivity index (χ1) is 13.9. The Morgan fingerprint density at radius 3 is 1.11 bits per heavy atom.